The van der Waals surface area contributed by atoms with Crippen LogP contribution < -0.4 is 0 Å². The number of hydrogen-bond acceptors (Lipinski definition) is 3. The molecule has 21 heavy (non-hydrogen) atoms. The number of rotatable bonds is 7. The van der Waals surface area contributed by atoms with Crippen molar-refractivity contribution < 1.29 is 8.42 Å². The Balaban J connectivity index is 3.03. The lowest BCUT2D eigenvalue weighted by Gasteiger charge is -2.20. The molecule has 1 aromatic rings. The highest BCUT2D eigenvalue weighted by Gasteiger charge is 2.25. The minimum absolute atomic E-state index is 0.0385. The maximum Gasteiger partial charge on any atom is 0.244 e. The Labute approximate surface area is 141 Å². The summed E-state index contributed by atoms with van der Waals surface area (Å²) in [5, 5.41) is 0.459. The van der Waals surface area contributed by atoms with Crippen molar-refractivity contribution in [2.24, 2.45) is 0 Å². The first kappa shape index (κ1) is 19.0. The van der Waals surface area contributed by atoms with Crippen molar-refractivity contribution in [3.63, 3.8) is 0 Å². The van der Waals surface area contributed by atoms with Crippen LogP contribution in [0, 0.1) is 0 Å². The van der Waals surface area contributed by atoms with Crippen molar-refractivity contribution in [1.82, 2.24) is 9.21 Å². The fraction of sp³-hybridized carbons (Fsp3) is 0.538. The van der Waals surface area contributed by atoms with Gasteiger partial charge in [0, 0.05) is 24.2 Å². The van der Waals surface area contributed by atoms with Gasteiger partial charge in [-0.2, -0.15) is 0 Å². The smallest absolute Gasteiger partial charge is 0.244 e. The molecule has 0 radical (unpaired) electrons. The fourth-order valence-electron chi connectivity index (χ4n) is 1.80. The average Bonchev–Trinajstić information content (AvgIpc) is 2.38. The summed E-state index contributed by atoms with van der Waals surface area (Å²) in [4.78, 5) is 2.04. The van der Waals surface area contributed by atoms with Gasteiger partial charge in [-0.05, 0) is 39.2 Å². The van der Waals surface area contributed by atoms with Gasteiger partial charge in [-0.1, -0.05) is 23.2 Å². The highest BCUT2D eigenvalue weighted by molar-refractivity contribution is 7.89. The number of sulfonamides is 1. The Hall–Kier alpha value is -0.0400. The van der Waals surface area contributed by atoms with Crippen molar-refractivity contribution in [3.05, 3.63) is 27.7 Å². The summed E-state index contributed by atoms with van der Waals surface area (Å²) in [6, 6.07) is 2.92. The van der Waals surface area contributed by atoms with Crippen LogP contribution in [0.5, 0.6) is 0 Å². The third-order valence-corrected chi connectivity index (χ3v) is 6.12. The summed E-state index contributed by atoms with van der Waals surface area (Å²) in [6.45, 7) is 1.22. The fourth-order valence-corrected chi connectivity index (χ4v) is 4.30. The molecular weight excluding hydrogens is 355 g/mol. The van der Waals surface area contributed by atoms with E-state index < -0.39 is 10.0 Å². The zero-order valence-electron chi connectivity index (χ0n) is 12.2. The zero-order valence-corrected chi connectivity index (χ0v) is 15.3. The molecule has 0 atom stereocenters. The Morgan fingerprint density at radius 2 is 1.71 bits per heavy atom. The first-order valence-corrected chi connectivity index (χ1v) is 9.08. The molecule has 0 saturated carbocycles. The Morgan fingerprint density at radius 1 is 1.10 bits per heavy atom. The van der Waals surface area contributed by atoms with Crippen molar-refractivity contribution >= 4 is 44.8 Å². The van der Waals surface area contributed by atoms with E-state index in [0.29, 0.717) is 17.1 Å². The third-order valence-electron chi connectivity index (χ3n) is 3.05. The van der Waals surface area contributed by atoms with Crippen LogP contribution in [0.25, 0.3) is 0 Å². The van der Waals surface area contributed by atoms with Crippen LogP contribution in [0.4, 0.5) is 0 Å². The van der Waals surface area contributed by atoms with Gasteiger partial charge in [-0.15, -0.1) is 11.6 Å². The highest BCUT2D eigenvalue weighted by Crippen LogP contribution is 2.33. The molecule has 0 spiro atoms. The molecule has 0 heterocycles. The molecule has 0 saturated heterocycles. The van der Waals surface area contributed by atoms with E-state index in [-0.39, 0.29) is 15.8 Å². The lowest BCUT2D eigenvalue weighted by atomic mass is 10.2. The summed E-state index contributed by atoms with van der Waals surface area (Å²) in [6.07, 6.45) is 0.732. The van der Waals surface area contributed by atoms with Gasteiger partial charge in [0.1, 0.15) is 4.90 Å². The average molecular weight is 374 g/mol. The van der Waals surface area contributed by atoms with Gasteiger partial charge < -0.3 is 4.90 Å². The lowest BCUT2D eigenvalue weighted by Crippen LogP contribution is -2.30. The lowest BCUT2D eigenvalue weighted by molar-refractivity contribution is 0.370. The van der Waals surface area contributed by atoms with Crippen molar-refractivity contribution in [1.29, 1.82) is 0 Å². The predicted octanol–water partition coefficient (Wildman–Crippen LogP) is 3.30. The molecule has 0 aliphatic heterocycles. The van der Waals surface area contributed by atoms with Gasteiger partial charge in [-0.25, -0.2) is 12.7 Å². The molecular formula is C13H19Cl3N2O2S. The summed E-state index contributed by atoms with van der Waals surface area (Å²) >= 11 is 17.9. The summed E-state index contributed by atoms with van der Waals surface area (Å²) in [5.74, 6) is 0.0609. The standard InChI is InChI=1S/C13H19Cl3N2O2S/c1-17(2)7-4-8-18(3)21(19,20)12-6-5-11(15)10(9-14)13(12)16/h5-6H,4,7-9H2,1-3H3. The third kappa shape index (κ3) is 4.71. The number of hydrogen-bond donors (Lipinski definition) is 0. The molecule has 0 N–H and O–H groups in total. The van der Waals surface area contributed by atoms with E-state index in [1.807, 2.05) is 19.0 Å². The quantitative estimate of drug-likeness (QED) is 0.689. The predicted molar refractivity (Wildman–Crippen MR) is 89.0 cm³/mol. The SMILES string of the molecule is CN(C)CCCN(C)S(=O)(=O)c1ccc(Cl)c(CCl)c1Cl. The van der Waals surface area contributed by atoms with Crippen LogP contribution in [0.1, 0.15) is 12.0 Å². The van der Waals surface area contributed by atoms with Gasteiger partial charge in [0.2, 0.25) is 10.0 Å². The van der Waals surface area contributed by atoms with E-state index in [9.17, 15) is 8.42 Å². The largest absolute Gasteiger partial charge is 0.309 e. The van der Waals surface area contributed by atoms with Gasteiger partial charge >= 0.3 is 0 Å². The van der Waals surface area contributed by atoms with Crippen LogP contribution in [-0.4, -0.2) is 51.9 Å². The van der Waals surface area contributed by atoms with Crippen LogP contribution >= 0.6 is 34.8 Å². The monoisotopic (exact) mass is 372 g/mol. The molecule has 0 fully saturated rings. The summed E-state index contributed by atoms with van der Waals surface area (Å²) in [7, 11) is 1.77. The molecule has 4 nitrogen and oxygen atoms in total. The molecule has 0 unspecified atom stereocenters. The normalized spacial score (nSPS) is 12.4. The molecule has 0 aliphatic rings. The number of benzene rings is 1. The zero-order chi connectivity index (χ0) is 16.2. The second-order valence-electron chi connectivity index (χ2n) is 4.96. The van der Waals surface area contributed by atoms with Crippen molar-refractivity contribution in [2.45, 2.75) is 17.2 Å². The maximum atomic E-state index is 12.5. The molecule has 8 heteroatoms. The van der Waals surface area contributed by atoms with E-state index in [0.717, 1.165) is 13.0 Å². The van der Waals surface area contributed by atoms with Crippen molar-refractivity contribution in [3.8, 4) is 0 Å². The topological polar surface area (TPSA) is 40.6 Å². The number of alkyl halides is 1. The Kier molecular flexibility index (Phi) is 7.24. The van der Waals surface area contributed by atoms with Gasteiger partial charge in [0.05, 0.1) is 10.9 Å². The first-order chi connectivity index (χ1) is 9.71. The highest BCUT2D eigenvalue weighted by atomic mass is 35.5. The number of nitrogens with zero attached hydrogens (tertiary/aromatic N) is 2. The maximum absolute atomic E-state index is 12.5. The van der Waals surface area contributed by atoms with E-state index in [1.54, 1.807) is 0 Å². The van der Waals surface area contributed by atoms with Crippen molar-refractivity contribution in [2.75, 3.05) is 34.2 Å². The van der Waals surface area contributed by atoms with E-state index in [4.69, 9.17) is 34.8 Å². The number of halogens is 3. The van der Waals surface area contributed by atoms with Crippen LogP contribution in [0.15, 0.2) is 17.0 Å². The molecule has 120 valence electrons. The van der Waals surface area contributed by atoms with Crippen LogP contribution in [0.2, 0.25) is 10.0 Å². The van der Waals surface area contributed by atoms with E-state index >= 15 is 0 Å². The van der Waals surface area contributed by atoms with Gasteiger partial charge in [0.15, 0.2) is 0 Å². The molecule has 1 rings (SSSR count). The van der Waals surface area contributed by atoms with E-state index in [1.165, 1.54) is 23.5 Å². The molecule has 0 bridgehead atoms. The molecule has 0 aromatic heterocycles. The second-order valence-corrected chi connectivity index (χ2v) is 8.02. The first-order valence-electron chi connectivity index (χ1n) is 6.35. The Bertz CT molecular complexity index is 591. The second kappa shape index (κ2) is 7.99. The van der Waals surface area contributed by atoms with Crippen LogP contribution in [0.3, 0.4) is 0 Å². The minimum atomic E-state index is -3.65. The Morgan fingerprint density at radius 3 is 2.24 bits per heavy atom. The van der Waals surface area contributed by atoms with Gasteiger partial charge in [-0.3, -0.25) is 0 Å². The molecule has 0 amide bonds. The van der Waals surface area contributed by atoms with Gasteiger partial charge in [0.25, 0.3) is 0 Å². The van der Waals surface area contributed by atoms with Crippen LogP contribution in [-0.2, 0) is 15.9 Å². The summed E-state index contributed by atoms with van der Waals surface area (Å²) < 4.78 is 26.4. The minimum Gasteiger partial charge on any atom is -0.309 e. The molecule has 1 aromatic carbocycles. The summed E-state index contributed by atoms with van der Waals surface area (Å²) in [5.41, 5.74) is 0.433. The van der Waals surface area contributed by atoms with E-state index in [2.05, 4.69) is 0 Å². The molecule has 0 aliphatic carbocycles.